The Morgan fingerprint density at radius 1 is 1.19 bits per heavy atom. The van der Waals surface area contributed by atoms with E-state index < -0.39 is 0 Å². The van der Waals surface area contributed by atoms with E-state index >= 15 is 0 Å². The van der Waals surface area contributed by atoms with Crippen molar-refractivity contribution in [2.24, 2.45) is 0 Å². The van der Waals surface area contributed by atoms with Gasteiger partial charge in [-0.05, 0) is 44.2 Å². The Labute approximate surface area is 152 Å². The number of amides is 1. The van der Waals surface area contributed by atoms with Crippen LogP contribution < -0.4 is 10.6 Å². The minimum atomic E-state index is -0.286. The van der Waals surface area contributed by atoms with Crippen LogP contribution in [0.1, 0.15) is 48.2 Å². The average molecular weight is 354 g/mol. The first-order chi connectivity index (χ1) is 12.7. The number of nitrogens with one attached hydrogen (secondary N) is 2. The fraction of sp³-hybridized carbons (Fsp3) is 0.350. The van der Waals surface area contributed by atoms with Crippen LogP contribution >= 0.6 is 0 Å². The fourth-order valence-electron chi connectivity index (χ4n) is 2.95. The van der Waals surface area contributed by atoms with E-state index in [0.717, 1.165) is 19.3 Å². The Balaban J connectivity index is 1.52. The molecule has 0 spiro atoms. The number of rotatable bonds is 7. The molecule has 2 aromatic rings. The van der Waals surface area contributed by atoms with Gasteiger partial charge in [0.2, 0.25) is 5.95 Å². The predicted molar refractivity (Wildman–Crippen MR) is 99.3 cm³/mol. The minimum Gasteiger partial charge on any atom is -0.350 e. The second-order valence-corrected chi connectivity index (χ2v) is 6.32. The molecule has 1 amide bonds. The van der Waals surface area contributed by atoms with E-state index in [1.807, 2.05) is 0 Å². The maximum atomic E-state index is 13.6. The van der Waals surface area contributed by atoms with Crippen molar-refractivity contribution >= 4 is 11.9 Å². The first-order valence-electron chi connectivity index (χ1n) is 8.99. The number of allylic oxidation sites excluding steroid dienone is 1. The highest BCUT2D eigenvalue weighted by molar-refractivity contribution is 5.92. The molecule has 1 aromatic carbocycles. The van der Waals surface area contributed by atoms with Crippen molar-refractivity contribution in [3.63, 3.8) is 0 Å². The summed E-state index contributed by atoms with van der Waals surface area (Å²) in [6, 6.07) is 8.09. The molecule has 136 valence electrons. The van der Waals surface area contributed by atoms with Gasteiger partial charge in [-0.3, -0.25) is 4.79 Å². The summed E-state index contributed by atoms with van der Waals surface area (Å²) >= 11 is 0. The molecule has 1 aromatic heterocycles. The maximum absolute atomic E-state index is 13.6. The van der Waals surface area contributed by atoms with Gasteiger partial charge in [0.1, 0.15) is 11.5 Å². The Morgan fingerprint density at radius 2 is 2.08 bits per heavy atom. The van der Waals surface area contributed by atoms with Gasteiger partial charge < -0.3 is 10.6 Å². The molecule has 0 unspecified atom stereocenters. The second-order valence-electron chi connectivity index (χ2n) is 6.32. The smallest absolute Gasteiger partial charge is 0.270 e. The first-order valence-corrected chi connectivity index (χ1v) is 8.99. The van der Waals surface area contributed by atoms with E-state index in [9.17, 15) is 9.18 Å². The molecule has 2 N–H and O–H groups in total. The van der Waals surface area contributed by atoms with Crippen LogP contribution in [0.2, 0.25) is 0 Å². The molecule has 26 heavy (non-hydrogen) atoms. The van der Waals surface area contributed by atoms with Crippen LogP contribution in [0.4, 0.5) is 10.3 Å². The molecular weight excluding hydrogens is 331 g/mol. The van der Waals surface area contributed by atoms with Crippen molar-refractivity contribution in [2.75, 3.05) is 11.9 Å². The summed E-state index contributed by atoms with van der Waals surface area (Å²) in [7, 11) is 0. The van der Waals surface area contributed by atoms with E-state index in [0.29, 0.717) is 23.8 Å². The number of anilines is 1. The lowest BCUT2D eigenvalue weighted by molar-refractivity contribution is 0.0949. The van der Waals surface area contributed by atoms with Crippen LogP contribution in [-0.2, 0) is 6.54 Å². The molecule has 0 radical (unpaired) electrons. The van der Waals surface area contributed by atoms with Crippen molar-refractivity contribution in [1.82, 2.24) is 15.3 Å². The first kappa shape index (κ1) is 18.0. The molecule has 0 aliphatic heterocycles. The summed E-state index contributed by atoms with van der Waals surface area (Å²) in [5.74, 6) is -0.209. The molecule has 0 atom stereocenters. The van der Waals surface area contributed by atoms with Crippen molar-refractivity contribution in [3.05, 3.63) is 65.3 Å². The lowest BCUT2D eigenvalue weighted by Crippen LogP contribution is -2.26. The molecule has 0 fully saturated rings. The third kappa shape index (κ3) is 5.12. The molecule has 5 nitrogen and oxygen atoms in total. The van der Waals surface area contributed by atoms with Crippen LogP contribution in [0.15, 0.2) is 48.2 Å². The second kappa shape index (κ2) is 9.08. The number of carbonyl (C=O) groups is 1. The van der Waals surface area contributed by atoms with Crippen LogP contribution in [0.5, 0.6) is 0 Å². The van der Waals surface area contributed by atoms with Gasteiger partial charge in [0.05, 0.1) is 0 Å². The zero-order valence-electron chi connectivity index (χ0n) is 14.7. The lowest BCUT2D eigenvalue weighted by Gasteiger charge is -2.13. The van der Waals surface area contributed by atoms with Crippen LogP contribution in [0, 0.1) is 5.82 Å². The number of benzene rings is 1. The molecular formula is C20H23FN4O. The van der Waals surface area contributed by atoms with E-state index in [2.05, 4.69) is 26.7 Å². The third-order valence-electron chi connectivity index (χ3n) is 4.40. The molecule has 1 aliphatic carbocycles. The SMILES string of the molecule is O=C(NCCC1=CCCCC1)c1ccnc(NCc2ccccc2F)n1. The summed E-state index contributed by atoms with van der Waals surface area (Å²) in [5, 5.41) is 5.85. The van der Waals surface area contributed by atoms with Crippen LogP contribution in [-0.4, -0.2) is 22.4 Å². The summed E-state index contributed by atoms with van der Waals surface area (Å²) in [5.41, 5.74) is 2.24. The topological polar surface area (TPSA) is 66.9 Å². The van der Waals surface area contributed by atoms with Gasteiger partial charge in [-0.1, -0.05) is 29.8 Å². The van der Waals surface area contributed by atoms with Gasteiger partial charge >= 0.3 is 0 Å². The zero-order chi connectivity index (χ0) is 18.2. The summed E-state index contributed by atoms with van der Waals surface area (Å²) in [6.07, 6.45) is 9.47. The molecule has 1 heterocycles. The van der Waals surface area contributed by atoms with Crippen LogP contribution in [0.3, 0.4) is 0 Å². The maximum Gasteiger partial charge on any atom is 0.270 e. The number of hydrogen-bond donors (Lipinski definition) is 2. The average Bonchev–Trinajstić information content (AvgIpc) is 2.68. The Morgan fingerprint density at radius 3 is 2.88 bits per heavy atom. The molecule has 6 heteroatoms. The predicted octanol–water partition coefficient (Wildman–Crippen LogP) is 3.85. The minimum absolute atomic E-state index is 0.224. The van der Waals surface area contributed by atoms with Gasteiger partial charge in [0.15, 0.2) is 0 Å². The van der Waals surface area contributed by atoms with E-state index in [-0.39, 0.29) is 18.3 Å². The van der Waals surface area contributed by atoms with Gasteiger partial charge in [-0.25, -0.2) is 14.4 Å². The summed E-state index contributed by atoms with van der Waals surface area (Å²) in [6.45, 7) is 0.860. The molecule has 3 rings (SSSR count). The van der Waals surface area contributed by atoms with Gasteiger partial charge in [-0.15, -0.1) is 0 Å². The molecule has 1 aliphatic rings. The highest BCUT2D eigenvalue weighted by Gasteiger charge is 2.10. The van der Waals surface area contributed by atoms with Crippen LogP contribution in [0.25, 0.3) is 0 Å². The largest absolute Gasteiger partial charge is 0.350 e. The third-order valence-corrected chi connectivity index (χ3v) is 4.40. The standard InChI is InChI=1S/C20H23FN4O/c21-17-9-5-4-8-16(17)14-24-20-23-13-11-18(25-20)19(26)22-12-10-15-6-2-1-3-7-15/h4-6,8-9,11,13H,1-3,7,10,12,14H2,(H,22,26)(H,23,24,25). The van der Waals surface area contributed by atoms with E-state index in [1.54, 1.807) is 24.3 Å². The van der Waals surface area contributed by atoms with Crippen molar-refractivity contribution in [1.29, 1.82) is 0 Å². The quantitative estimate of drug-likeness (QED) is 0.741. The van der Waals surface area contributed by atoms with Crippen molar-refractivity contribution in [2.45, 2.75) is 38.6 Å². The molecule has 0 bridgehead atoms. The summed E-state index contributed by atoms with van der Waals surface area (Å²) in [4.78, 5) is 20.6. The normalized spacial score (nSPS) is 13.8. The lowest BCUT2D eigenvalue weighted by atomic mass is 9.97. The number of halogens is 1. The molecule has 0 saturated carbocycles. The molecule has 0 saturated heterocycles. The highest BCUT2D eigenvalue weighted by Crippen LogP contribution is 2.19. The number of hydrogen-bond acceptors (Lipinski definition) is 4. The van der Waals surface area contributed by atoms with Crippen molar-refractivity contribution < 1.29 is 9.18 Å². The Kier molecular flexibility index (Phi) is 6.30. The number of nitrogens with zero attached hydrogens (tertiary/aromatic N) is 2. The fourth-order valence-corrected chi connectivity index (χ4v) is 2.95. The number of aromatic nitrogens is 2. The van der Waals surface area contributed by atoms with Gasteiger partial charge in [-0.2, -0.15) is 0 Å². The highest BCUT2D eigenvalue weighted by atomic mass is 19.1. The van der Waals surface area contributed by atoms with Gasteiger partial charge in [0.25, 0.3) is 5.91 Å². The van der Waals surface area contributed by atoms with Crippen molar-refractivity contribution in [3.8, 4) is 0 Å². The zero-order valence-corrected chi connectivity index (χ0v) is 14.7. The number of carbonyl (C=O) groups excluding carboxylic acids is 1. The van der Waals surface area contributed by atoms with E-state index in [4.69, 9.17) is 0 Å². The van der Waals surface area contributed by atoms with Gasteiger partial charge in [0, 0.05) is 24.8 Å². The Hall–Kier alpha value is -2.76. The Bertz CT molecular complexity index is 791. The monoisotopic (exact) mass is 354 g/mol. The summed E-state index contributed by atoms with van der Waals surface area (Å²) < 4.78 is 13.6. The van der Waals surface area contributed by atoms with E-state index in [1.165, 1.54) is 30.7 Å².